The lowest BCUT2D eigenvalue weighted by molar-refractivity contribution is 0.521. The Morgan fingerprint density at radius 3 is 2.85 bits per heavy atom. The molecule has 0 fully saturated rings. The molecule has 0 bridgehead atoms. The van der Waals surface area contributed by atoms with Crippen molar-refractivity contribution in [2.45, 2.75) is 19.8 Å². The maximum absolute atomic E-state index is 5.70. The summed E-state index contributed by atoms with van der Waals surface area (Å²) in [7, 11) is 0. The summed E-state index contributed by atoms with van der Waals surface area (Å²) < 4.78 is 5.59. The van der Waals surface area contributed by atoms with Crippen LogP contribution in [0.15, 0.2) is 22.7 Å². The molecule has 2 heterocycles. The van der Waals surface area contributed by atoms with Gasteiger partial charge in [-0.05, 0) is 12.1 Å². The highest BCUT2D eigenvalue weighted by Crippen LogP contribution is 2.26. The summed E-state index contributed by atoms with van der Waals surface area (Å²) in [5, 5.41) is 0.909. The van der Waals surface area contributed by atoms with E-state index in [0.29, 0.717) is 11.7 Å². The monoisotopic (exact) mass is 176 g/mol. The van der Waals surface area contributed by atoms with Gasteiger partial charge in [0.15, 0.2) is 0 Å². The number of nitrogens with two attached hydrogens (primary N) is 1. The maximum atomic E-state index is 5.70. The van der Waals surface area contributed by atoms with Crippen LogP contribution < -0.4 is 5.73 Å². The van der Waals surface area contributed by atoms with Gasteiger partial charge in [0.25, 0.3) is 0 Å². The molecule has 0 amide bonds. The van der Waals surface area contributed by atoms with E-state index in [2.05, 4.69) is 18.8 Å². The summed E-state index contributed by atoms with van der Waals surface area (Å²) in [5.74, 6) is 1.87. The smallest absolute Gasteiger partial charge is 0.139 e. The fourth-order valence-electron chi connectivity index (χ4n) is 1.29. The van der Waals surface area contributed by atoms with E-state index in [9.17, 15) is 0 Å². The number of nitrogen functional groups attached to an aromatic ring is 1. The van der Waals surface area contributed by atoms with Crippen molar-refractivity contribution in [1.29, 1.82) is 0 Å². The number of aromatic nitrogens is 1. The van der Waals surface area contributed by atoms with E-state index in [1.54, 1.807) is 6.20 Å². The first-order valence-corrected chi connectivity index (χ1v) is 4.32. The first-order valence-electron chi connectivity index (χ1n) is 4.32. The van der Waals surface area contributed by atoms with Crippen LogP contribution in [0.25, 0.3) is 11.0 Å². The van der Waals surface area contributed by atoms with Gasteiger partial charge < -0.3 is 10.2 Å². The Labute approximate surface area is 76.6 Å². The molecule has 2 aromatic rings. The molecule has 13 heavy (non-hydrogen) atoms. The van der Waals surface area contributed by atoms with Crippen LogP contribution in [0, 0.1) is 0 Å². The normalized spacial score (nSPS) is 11.3. The molecular weight excluding hydrogens is 164 g/mol. The topological polar surface area (TPSA) is 52.0 Å². The summed E-state index contributed by atoms with van der Waals surface area (Å²) >= 11 is 0. The molecule has 0 aliphatic heterocycles. The zero-order valence-electron chi connectivity index (χ0n) is 7.74. The van der Waals surface area contributed by atoms with Gasteiger partial charge in [-0.2, -0.15) is 0 Å². The highest BCUT2D eigenvalue weighted by molar-refractivity contribution is 5.87. The van der Waals surface area contributed by atoms with E-state index < -0.39 is 0 Å². The second-order valence-corrected chi connectivity index (χ2v) is 3.41. The van der Waals surface area contributed by atoms with E-state index in [0.717, 1.165) is 16.7 Å². The first kappa shape index (κ1) is 8.10. The van der Waals surface area contributed by atoms with Gasteiger partial charge in [-0.1, -0.05) is 13.8 Å². The molecule has 0 radical (unpaired) electrons. The largest absolute Gasteiger partial charge is 0.461 e. The summed E-state index contributed by atoms with van der Waals surface area (Å²) in [4.78, 5) is 4.00. The van der Waals surface area contributed by atoms with Gasteiger partial charge in [-0.25, -0.2) is 4.98 Å². The van der Waals surface area contributed by atoms with Gasteiger partial charge in [-0.3, -0.25) is 0 Å². The van der Waals surface area contributed by atoms with Crippen LogP contribution >= 0.6 is 0 Å². The van der Waals surface area contributed by atoms with Crippen LogP contribution in [0.2, 0.25) is 0 Å². The Morgan fingerprint density at radius 2 is 2.23 bits per heavy atom. The zero-order chi connectivity index (χ0) is 9.42. The number of rotatable bonds is 1. The molecular formula is C10H12N2O. The van der Waals surface area contributed by atoms with Crippen molar-refractivity contribution in [3.05, 3.63) is 24.1 Å². The number of anilines is 1. The molecule has 2 rings (SSSR count). The van der Waals surface area contributed by atoms with E-state index in [1.807, 2.05) is 12.1 Å². The van der Waals surface area contributed by atoms with Crippen molar-refractivity contribution in [2.24, 2.45) is 0 Å². The number of pyridine rings is 1. The molecule has 2 aromatic heterocycles. The van der Waals surface area contributed by atoms with Crippen LogP contribution in [-0.2, 0) is 0 Å². The molecule has 3 nitrogen and oxygen atoms in total. The lowest BCUT2D eigenvalue weighted by Crippen LogP contribution is -1.87. The SMILES string of the molecule is CC(C)c1cc2c(N)nccc2o1. The Bertz CT molecular complexity index is 431. The van der Waals surface area contributed by atoms with Gasteiger partial charge in [-0.15, -0.1) is 0 Å². The van der Waals surface area contributed by atoms with Crippen molar-refractivity contribution in [2.75, 3.05) is 5.73 Å². The molecule has 0 spiro atoms. The number of fused-ring (bicyclic) bond motifs is 1. The van der Waals surface area contributed by atoms with Gasteiger partial charge in [0.1, 0.15) is 17.2 Å². The molecule has 0 aromatic carbocycles. The average Bonchev–Trinajstić information content (AvgIpc) is 2.49. The second kappa shape index (κ2) is 2.76. The molecule has 68 valence electrons. The van der Waals surface area contributed by atoms with Crippen LogP contribution in [0.1, 0.15) is 25.5 Å². The predicted molar refractivity (Wildman–Crippen MR) is 52.5 cm³/mol. The van der Waals surface area contributed by atoms with Gasteiger partial charge >= 0.3 is 0 Å². The van der Waals surface area contributed by atoms with Crippen molar-refractivity contribution >= 4 is 16.8 Å². The van der Waals surface area contributed by atoms with Gasteiger partial charge in [0, 0.05) is 12.1 Å². The number of furan rings is 1. The Hall–Kier alpha value is -1.51. The number of hydrogen-bond donors (Lipinski definition) is 1. The number of hydrogen-bond acceptors (Lipinski definition) is 3. The average molecular weight is 176 g/mol. The molecule has 0 atom stereocenters. The minimum atomic E-state index is 0.381. The summed E-state index contributed by atoms with van der Waals surface area (Å²) in [6.07, 6.45) is 1.66. The standard InChI is InChI=1S/C10H12N2O/c1-6(2)9-5-7-8(13-9)3-4-12-10(7)11/h3-6H,1-2H3,(H2,11,12). The third-order valence-corrected chi connectivity index (χ3v) is 2.06. The highest BCUT2D eigenvalue weighted by atomic mass is 16.3. The van der Waals surface area contributed by atoms with E-state index in [-0.39, 0.29) is 0 Å². The molecule has 0 aliphatic carbocycles. The zero-order valence-corrected chi connectivity index (χ0v) is 7.74. The van der Waals surface area contributed by atoms with Crippen molar-refractivity contribution in [3.8, 4) is 0 Å². The van der Waals surface area contributed by atoms with Gasteiger partial charge in [0.2, 0.25) is 0 Å². The van der Waals surface area contributed by atoms with Gasteiger partial charge in [0.05, 0.1) is 5.39 Å². The Kier molecular flexibility index (Phi) is 1.72. The van der Waals surface area contributed by atoms with Crippen LogP contribution in [-0.4, -0.2) is 4.98 Å². The molecule has 3 heteroatoms. The minimum Gasteiger partial charge on any atom is -0.461 e. The lowest BCUT2D eigenvalue weighted by Gasteiger charge is -1.95. The molecule has 0 saturated carbocycles. The van der Waals surface area contributed by atoms with E-state index >= 15 is 0 Å². The van der Waals surface area contributed by atoms with Crippen molar-refractivity contribution in [3.63, 3.8) is 0 Å². The quantitative estimate of drug-likeness (QED) is 0.726. The van der Waals surface area contributed by atoms with E-state index in [1.165, 1.54) is 0 Å². The maximum Gasteiger partial charge on any atom is 0.139 e. The molecule has 2 N–H and O–H groups in total. The van der Waals surface area contributed by atoms with Crippen molar-refractivity contribution in [1.82, 2.24) is 4.98 Å². The Morgan fingerprint density at radius 1 is 1.46 bits per heavy atom. The second-order valence-electron chi connectivity index (χ2n) is 3.41. The van der Waals surface area contributed by atoms with Crippen LogP contribution in [0.3, 0.4) is 0 Å². The third kappa shape index (κ3) is 1.26. The van der Waals surface area contributed by atoms with Crippen LogP contribution in [0.4, 0.5) is 5.82 Å². The van der Waals surface area contributed by atoms with E-state index in [4.69, 9.17) is 10.2 Å². The lowest BCUT2D eigenvalue weighted by atomic mass is 10.1. The fourth-order valence-corrected chi connectivity index (χ4v) is 1.29. The summed E-state index contributed by atoms with van der Waals surface area (Å²) in [6.45, 7) is 4.17. The summed E-state index contributed by atoms with van der Waals surface area (Å²) in [6, 6.07) is 3.79. The van der Waals surface area contributed by atoms with Crippen LogP contribution in [0.5, 0.6) is 0 Å². The molecule has 0 saturated heterocycles. The highest BCUT2D eigenvalue weighted by Gasteiger charge is 2.08. The predicted octanol–water partition coefficient (Wildman–Crippen LogP) is 2.53. The fraction of sp³-hybridized carbons (Fsp3) is 0.300. The summed E-state index contributed by atoms with van der Waals surface area (Å²) in [5.41, 5.74) is 6.51. The molecule has 0 aliphatic rings. The third-order valence-electron chi connectivity index (χ3n) is 2.06. The minimum absolute atomic E-state index is 0.381. The molecule has 0 unspecified atom stereocenters. The van der Waals surface area contributed by atoms with Crippen molar-refractivity contribution < 1.29 is 4.42 Å². The Balaban J connectivity index is 2.68. The first-order chi connectivity index (χ1) is 6.18. The number of nitrogens with zero attached hydrogens (tertiary/aromatic N) is 1.